The van der Waals surface area contributed by atoms with Crippen molar-refractivity contribution in [1.29, 1.82) is 0 Å². The second kappa shape index (κ2) is 6.10. The zero-order chi connectivity index (χ0) is 14.7. The Balaban J connectivity index is 1.92. The van der Waals surface area contributed by atoms with E-state index in [-0.39, 0.29) is 6.61 Å². The van der Waals surface area contributed by atoms with Crippen molar-refractivity contribution < 1.29 is 13.9 Å². The van der Waals surface area contributed by atoms with E-state index in [1.807, 2.05) is 30.3 Å². The summed E-state index contributed by atoms with van der Waals surface area (Å²) in [7, 11) is 1.60. The number of pyridine rings is 1. The molecule has 0 fully saturated rings. The molecule has 2 heterocycles. The van der Waals surface area contributed by atoms with Crippen LogP contribution in [0.3, 0.4) is 0 Å². The first kappa shape index (κ1) is 13.8. The normalized spacial score (nSPS) is 10.8. The molecule has 1 aromatic carbocycles. The maximum absolute atomic E-state index is 12.1. The zero-order valence-electron chi connectivity index (χ0n) is 11.5. The van der Waals surface area contributed by atoms with Gasteiger partial charge in [0.2, 0.25) is 5.88 Å². The minimum Gasteiger partial charge on any atom is -0.491 e. The first-order valence-corrected chi connectivity index (χ1v) is 7.34. The van der Waals surface area contributed by atoms with Crippen LogP contribution >= 0.6 is 11.3 Å². The van der Waals surface area contributed by atoms with Crippen molar-refractivity contribution >= 4 is 21.4 Å². The molecule has 0 amide bonds. The summed E-state index contributed by atoms with van der Waals surface area (Å²) in [6.07, 6.45) is 1.80. The first-order valence-electron chi connectivity index (χ1n) is 6.53. The molecule has 0 atom stereocenters. The Morgan fingerprint density at radius 3 is 2.81 bits per heavy atom. The van der Waals surface area contributed by atoms with Crippen LogP contribution in [-0.4, -0.2) is 25.4 Å². The molecule has 0 aliphatic heterocycles. The van der Waals surface area contributed by atoms with Crippen LogP contribution in [0.2, 0.25) is 0 Å². The van der Waals surface area contributed by atoms with Crippen molar-refractivity contribution in [2.45, 2.75) is 0 Å². The molecule has 3 rings (SSSR count). The highest BCUT2D eigenvalue weighted by atomic mass is 32.1. The Bertz CT molecular complexity index is 740. The lowest BCUT2D eigenvalue weighted by atomic mass is 10.2. The summed E-state index contributed by atoms with van der Waals surface area (Å²) in [6.45, 7) is -0.391. The van der Waals surface area contributed by atoms with Crippen LogP contribution in [0.25, 0.3) is 20.5 Å². The van der Waals surface area contributed by atoms with E-state index < -0.39 is 6.67 Å². The molecule has 0 unspecified atom stereocenters. The number of fused-ring (bicyclic) bond motifs is 1. The molecule has 21 heavy (non-hydrogen) atoms. The third-order valence-electron chi connectivity index (χ3n) is 3.07. The highest BCUT2D eigenvalue weighted by Gasteiger charge is 2.06. The lowest BCUT2D eigenvalue weighted by Gasteiger charge is -2.02. The van der Waals surface area contributed by atoms with E-state index >= 15 is 0 Å². The first-order chi connectivity index (χ1) is 10.3. The van der Waals surface area contributed by atoms with Gasteiger partial charge < -0.3 is 9.47 Å². The van der Waals surface area contributed by atoms with Crippen LogP contribution in [0.5, 0.6) is 11.6 Å². The van der Waals surface area contributed by atoms with Gasteiger partial charge in [0, 0.05) is 27.4 Å². The largest absolute Gasteiger partial charge is 0.491 e. The molecular weight excluding hydrogens is 289 g/mol. The Labute approximate surface area is 126 Å². The van der Waals surface area contributed by atoms with Gasteiger partial charge in [-0.25, -0.2) is 9.37 Å². The zero-order valence-corrected chi connectivity index (χ0v) is 12.3. The fourth-order valence-electron chi connectivity index (χ4n) is 2.05. The summed E-state index contributed by atoms with van der Waals surface area (Å²) in [6, 6.07) is 11.7. The quantitative estimate of drug-likeness (QED) is 0.703. The van der Waals surface area contributed by atoms with Crippen molar-refractivity contribution in [2.24, 2.45) is 0 Å². The van der Waals surface area contributed by atoms with Gasteiger partial charge in [0.1, 0.15) is 19.0 Å². The van der Waals surface area contributed by atoms with Gasteiger partial charge in [-0.3, -0.25) is 0 Å². The summed E-state index contributed by atoms with van der Waals surface area (Å²) >= 11 is 1.66. The third-order valence-corrected chi connectivity index (χ3v) is 4.21. The number of ether oxygens (including phenoxy) is 2. The number of aromatic nitrogens is 1. The summed E-state index contributed by atoms with van der Waals surface area (Å²) < 4.78 is 23.6. The summed E-state index contributed by atoms with van der Waals surface area (Å²) in [5.41, 5.74) is 1.04. The van der Waals surface area contributed by atoms with Gasteiger partial charge in [0.15, 0.2) is 0 Å². The van der Waals surface area contributed by atoms with Crippen LogP contribution in [0.4, 0.5) is 4.39 Å². The van der Waals surface area contributed by atoms with E-state index in [0.29, 0.717) is 11.6 Å². The van der Waals surface area contributed by atoms with E-state index in [4.69, 9.17) is 9.47 Å². The number of halogens is 1. The van der Waals surface area contributed by atoms with Crippen molar-refractivity contribution in [3.8, 4) is 22.1 Å². The molecular formula is C16H14FNO2S. The number of benzene rings is 1. The standard InChI is InChI=1S/C16H14FNO2S/c1-19-16-5-3-12(10-18-16)14-8-11-2-4-13(20-7-6-17)9-15(11)21-14/h2-5,8-10H,6-7H2,1H3. The molecule has 0 saturated heterocycles. The van der Waals surface area contributed by atoms with E-state index in [9.17, 15) is 4.39 Å². The smallest absolute Gasteiger partial charge is 0.212 e. The van der Waals surface area contributed by atoms with Gasteiger partial charge in [0.25, 0.3) is 0 Å². The number of nitrogens with zero attached hydrogens (tertiary/aromatic N) is 1. The van der Waals surface area contributed by atoms with Crippen LogP contribution in [-0.2, 0) is 0 Å². The maximum Gasteiger partial charge on any atom is 0.212 e. The minimum atomic E-state index is -0.481. The lowest BCUT2D eigenvalue weighted by molar-refractivity contribution is 0.273. The number of hydrogen-bond acceptors (Lipinski definition) is 4. The SMILES string of the molecule is COc1ccc(-c2cc3ccc(OCCF)cc3s2)cn1. The predicted octanol–water partition coefficient (Wildman–Crippen LogP) is 4.32. The number of rotatable bonds is 5. The molecule has 0 spiro atoms. The Morgan fingerprint density at radius 1 is 1.19 bits per heavy atom. The van der Waals surface area contributed by atoms with E-state index in [0.717, 1.165) is 20.5 Å². The fourth-order valence-corrected chi connectivity index (χ4v) is 3.13. The van der Waals surface area contributed by atoms with Gasteiger partial charge in [-0.1, -0.05) is 0 Å². The number of methoxy groups -OCH3 is 1. The third kappa shape index (κ3) is 2.97. The van der Waals surface area contributed by atoms with Crippen LogP contribution < -0.4 is 9.47 Å². The second-order valence-electron chi connectivity index (χ2n) is 4.44. The lowest BCUT2D eigenvalue weighted by Crippen LogP contribution is -1.97. The van der Waals surface area contributed by atoms with E-state index in [2.05, 4.69) is 11.1 Å². The maximum atomic E-state index is 12.1. The average molecular weight is 303 g/mol. The summed E-state index contributed by atoms with van der Waals surface area (Å²) in [5.74, 6) is 1.29. The van der Waals surface area contributed by atoms with Crippen LogP contribution in [0.1, 0.15) is 0 Å². The summed E-state index contributed by atoms with van der Waals surface area (Å²) in [4.78, 5) is 5.35. The van der Waals surface area contributed by atoms with Crippen LogP contribution in [0, 0.1) is 0 Å². The minimum absolute atomic E-state index is 0.0894. The molecule has 0 aliphatic carbocycles. The Kier molecular flexibility index (Phi) is 4.01. The molecule has 108 valence electrons. The second-order valence-corrected chi connectivity index (χ2v) is 5.52. The molecule has 0 radical (unpaired) electrons. The van der Waals surface area contributed by atoms with Gasteiger partial charge >= 0.3 is 0 Å². The van der Waals surface area contributed by atoms with Gasteiger partial charge in [-0.05, 0) is 35.7 Å². The Hall–Kier alpha value is -2.14. The highest BCUT2D eigenvalue weighted by molar-refractivity contribution is 7.22. The molecule has 3 aromatic rings. The molecule has 0 aliphatic rings. The topological polar surface area (TPSA) is 31.4 Å². The van der Waals surface area contributed by atoms with Crippen molar-refractivity contribution in [1.82, 2.24) is 4.98 Å². The number of alkyl halides is 1. The average Bonchev–Trinajstić information content (AvgIpc) is 2.96. The molecule has 0 saturated carbocycles. The predicted molar refractivity (Wildman–Crippen MR) is 83.1 cm³/mol. The van der Waals surface area contributed by atoms with E-state index in [1.165, 1.54) is 0 Å². The number of thiophene rings is 1. The molecule has 3 nitrogen and oxygen atoms in total. The molecule has 0 bridgehead atoms. The van der Waals surface area contributed by atoms with E-state index in [1.54, 1.807) is 24.6 Å². The highest BCUT2D eigenvalue weighted by Crippen LogP contribution is 2.35. The van der Waals surface area contributed by atoms with Gasteiger partial charge in [-0.2, -0.15) is 0 Å². The Morgan fingerprint density at radius 2 is 2.10 bits per heavy atom. The molecule has 0 N–H and O–H groups in total. The van der Waals surface area contributed by atoms with Crippen molar-refractivity contribution in [2.75, 3.05) is 20.4 Å². The van der Waals surface area contributed by atoms with Crippen molar-refractivity contribution in [3.63, 3.8) is 0 Å². The fraction of sp³-hybridized carbons (Fsp3) is 0.188. The number of hydrogen-bond donors (Lipinski definition) is 0. The van der Waals surface area contributed by atoms with Gasteiger partial charge in [-0.15, -0.1) is 11.3 Å². The molecule has 5 heteroatoms. The molecule has 2 aromatic heterocycles. The summed E-state index contributed by atoms with van der Waals surface area (Å²) in [5, 5.41) is 1.14. The monoisotopic (exact) mass is 303 g/mol. The van der Waals surface area contributed by atoms with Crippen molar-refractivity contribution in [3.05, 3.63) is 42.6 Å². The van der Waals surface area contributed by atoms with Gasteiger partial charge in [0.05, 0.1) is 7.11 Å². The van der Waals surface area contributed by atoms with Crippen LogP contribution in [0.15, 0.2) is 42.6 Å².